The predicted molar refractivity (Wildman–Crippen MR) is 118 cm³/mol. The Balaban J connectivity index is 1.16. The first-order valence-corrected chi connectivity index (χ1v) is 11.3. The normalized spacial score (nSPS) is 26.0. The number of anilines is 2. The third kappa shape index (κ3) is 2.74. The molecule has 2 aromatic carbocycles. The molecule has 6 rings (SSSR count). The summed E-state index contributed by atoms with van der Waals surface area (Å²) >= 11 is 0. The lowest BCUT2D eigenvalue weighted by molar-refractivity contribution is 0.160. The van der Waals surface area contributed by atoms with Gasteiger partial charge in [0.1, 0.15) is 18.2 Å². The quantitative estimate of drug-likeness (QED) is 0.757. The van der Waals surface area contributed by atoms with Gasteiger partial charge < -0.3 is 14.5 Å². The summed E-state index contributed by atoms with van der Waals surface area (Å²) in [4.78, 5) is 7.88. The van der Waals surface area contributed by atoms with Crippen LogP contribution in [0.3, 0.4) is 0 Å². The summed E-state index contributed by atoms with van der Waals surface area (Å²) in [7, 11) is 2.29. The molecule has 3 aliphatic heterocycles. The van der Waals surface area contributed by atoms with E-state index < -0.39 is 0 Å². The van der Waals surface area contributed by atoms with Crippen molar-refractivity contribution in [3.63, 3.8) is 0 Å². The van der Waals surface area contributed by atoms with Crippen molar-refractivity contribution in [1.82, 2.24) is 4.90 Å². The molecular weight excluding hydrogens is 377 g/mol. The van der Waals surface area contributed by atoms with Crippen LogP contribution in [0.4, 0.5) is 15.8 Å². The Kier molecular flexibility index (Phi) is 4.08. The first-order chi connectivity index (χ1) is 14.6. The average Bonchev–Trinajstić information content (AvgIpc) is 3.45. The highest BCUT2D eigenvalue weighted by Crippen LogP contribution is 2.57. The highest BCUT2D eigenvalue weighted by Gasteiger charge is 2.56. The van der Waals surface area contributed by atoms with Crippen molar-refractivity contribution in [2.24, 2.45) is 0 Å². The molecule has 4 nitrogen and oxygen atoms in total. The molecule has 3 heterocycles. The summed E-state index contributed by atoms with van der Waals surface area (Å²) in [6, 6.07) is 12.3. The third-order valence-electron chi connectivity index (χ3n) is 7.96. The number of aryl methyl sites for hydroxylation is 1. The fourth-order valence-electron chi connectivity index (χ4n) is 6.06. The van der Waals surface area contributed by atoms with Gasteiger partial charge in [-0.1, -0.05) is 12.1 Å². The monoisotopic (exact) mass is 407 g/mol. The summed E-state index contributed by atoms with van der Waals surface area (Å²) in [5.41, 5.74) is 5.73. The van der Waals surface area contributed by atoms with E-state index in [1.54, 1.807) is 11.6 Å². The summed E-state index contributed by atoms with van der Waals surface area (Å²) in [6.45, 7) is 6.87. The first kappa shape index (κ1) is 18.5. The van der Waals surface area contributed by atoms with Crippen LogP contribution >= 0.6 is 0 Å². The number of ether oxygens (including phenoxy) is 1. The lowest BCUT2D eigenvalue weighted by atomic mass is 9.89. The van der Waals surface area contributed by atoms with Crippen LogP contribution in [0.2, 0.25) is 0 Å². The molecule has 1 saturated heterocycles. The van der Waals surface area contributed by atoms with Crippen molar-refractivity contribution in [3.8, 4) is 5.75 Å². The zero-order valence-corrected chi connectivity index (χ0v) is 17.9. The molecule has 0 radical (unpaired) electrons. The van der Waals surface area contributed by atoms with Crippen LogP contribution in [0.15, 0.2) is 36.4 Å². The van der Waals surface area contributed by atoms with Gasteiger partial charge in [-0.25, -0.2) is 4.39 Å². The fourth-order valence-corrected chi connectivity index (χ4v) is 6.06. The second-order valence-electron chi connectivity index (χ2n) is 9.65. The fraction of sp³-hybridized carbons (Fsp3) is 0.520. The van der Waals surface area contributed by atoms with E-state index in [0.717, 1.165) is 30.9 Å². The maximum absolute atomic E-state index is 13.3. The average molecular weight is 408 g/mol. The molecule has 2 fully saturated rings. The maximum Gasteiger partial charge on any atom is 0.123 e. The Bertz CT molecular complexity index is 988. The minimum atomic E-state index is -0.207. The number of fused-ring (bicyclic) bond motifs is 3. The van der Waals surface area contributed by atoms with Gasteiger partial charge in [-0.2, -0.15) is 0 Å². The molecule has 2 aromatic rings. The highest BCUT2D eigenvalue weighted by atomic mass is 19.1. The van der Waals surface area contributed by atoms with Gasteiger partial charge in [0.25, 0.3) is 0 Å². The zero-order valence-electron chi connectivity index (χ0n) is 17.9. The van der Waals surface area contributed by atoms with Crippen molar-refractivity contribution in [2.75, 3.05) is 49.6 Å². The molecule has 0 amide bonds. The number of para-hydroxylation sites is 1. The van der Waals surface area contributed by atoms with Crippen LogP contribution in [0, 0.1) is 12.7 Å². The van der Waals surface area contributed by atoms with E-state index in [-0.39, 0.29) is 5.82 Å². The van der Waals surface area contributed by atoms with Gasteiger partial charge in [0.05, 0.1) is 16.9 Å². The smallest absolute Gasteiger partial charge is 0.123 e. The summed E-state index contributed by atoms with van der Waals surface area (Å²) in [5, 5.41) is 0. The van der Waals surface area contributed by atoms with Gasteiger partial charge in [-0.3, -0.25) is 4.90 Å². The summed E-state index contributed by atoms with van der Waals surface area (Å²) in [6.07, 6.45) is 3.87. The van der Waals surface area contributed by atoms with Crippen LogP contribution in [0.5, 0.6) is 5.75 Å². The summed E-state index contributed by atoms with van der Waals surface area (Å²) < 4.78 is 19.3. The van der Waals surface area contributed by atoms with E-state index in [2.05, 4.69) is 39.9 Å². The minimum Gasteiger partial charge on any atom is -0.492 e. The molecule has 158 valence electrons. The lowest BCUT2D eigenvalue weighted by Gasteiger charge is -2.46. The van der Waals surface area contributed by atoms with E-state index in [1.807, 2.05) is 6.92 Å². The highest BCUT2D eigenvalue weighted by molar-refractivity contribution is 5.82. The van der Waals surface area contributed by atoms with E-state index >= 15 is 0 Å². The Morgan fingerprint density at radius 3 is 2.87 bits per heavy atom. The number of likely N-dealkylation sites (N-methyl/N-ethyl adjacent to an activating group) is 1. The molecule has 1 spiro atoms. The number of hydrogen-bond acceptors (Lipinski definition) is 4. The number of piperidine rings is 1. The second-order valence-corrected chi connectivity index (χ2v) is 9.65. The Hall–Kier alpha value is -2.27. The van der Waals surface area contributed by atoms with Gasteiger partial charge in [0.15, 0.2) is 0 Å². The van der Waals surface area contributed by atoms with Gasteiger partial charge in [-0.05, 0) is 61.6 Å². The van der Waals surface area contributed by atoms with Crippen LogP contribution in [0.25, 0.3) is 0 Å². The van der Waals surface area contributed by atoms with E-state index in [1.165, 1.54) is 49.3 Å². The lowest BCUT2D eigenvalue weighted by Crippen LogP contribution is -2.54. The number of hydrogen-bond donors (Lipinski definition) is 0. The van der Waals surface area contributed by atoms with Crippen LogP contribution in [-0.2, 0) is 0 Å². The van der Waals surface area contributed by atoms with Gasteiger partial charge >= 0.3 is 0 Å². The molecule has 30 heavy (non-hydrogen) atoms. The van der Waals surface area contributed by atoms with Crippen molar-refractivity contribution in [1.29, 1.82) is 0 Å². The number of halogens is 1. The third-order valence-corrected chi connectivity index (χ3v) is 7.96. The molecule has 1 aliphatic carbocycles. The van der Waals surface area contributed by atoms with Gasteiger partial charge in [-0.15, -0.1) is 0 Å². The topological polar surface area (TPSA) is 19.0 Å². The van der Waals surface area contributed by atoms with E-state index in [9.17, 15) is 4.39 Å². The Labute approximate surface area is 178 Å². The van der Waals surface area contributed by atoms with Crippen LogP contribution in [0.1, 0.15) is 36.3 Å². The molecule has 0 aromatic heterocycles. The SMILES string of the molecule is Cc1cc(F)ccc1OCCN1CCC2C(C1)c1cccc3c1N2CC1(CC1)N3C. The molecular formula is C25H30FN3O. The minimum absolute atomic E-state index is 0.207. The number of likely N-dealkylation sites (tertiary alicyclic amines) is 1. The van der Waals surface area contributed by atoms with Crippen LogP contribution < -0.4 is 14.5 Å². The Morgan fingerprint density at radius 1 is 1.20 bits per heavy atom. The Morgan fingerprint density at radius 2 is 2.07 bits per heavy atom. The molecule has 0 N–H and O–H groups in total. The van der Waals surface area contributed by atoms with Crippen molar-refractivity contribution in [2.45, 2.75) is 43.7 Å². The van der Waals surface area contributed by atoms with Gasteiger partial charge in [0.2, 0.25) is 0 Å². The van der Waals surface area contributed by atoms with Crippen molar-refractivity contribution in [3.05, 3.63) is 53.3 Å². The number of nitrogens with zero attached hydrogens (tertiary/aromatic N) is 3. The first-order valence-electron chi connectivity index (χ1n) is 11.3. The van der Waals surface area contributed by atoms with Crippen molar-refractivity contribution < 1.29 is 9.13 Å². The molecule has 4 aliphatic rings. The molecule has 5 heteroatoms. The summed E-state index contributed by atoms with van der Waals surface area (Å²) in [5.74, 6) is 1.17. The van der Waals surface area contributed by atoms with Crippen LogP contribution in [-0.4, -0.2) is 56.3 Å². The standard InChI is InChI=1S/C25H30FN3O/c1-17-14-18(26)6-7-23(17)30-13-12-28-11-8-21-20(15-28)19-4-3-5-22-24(19)29(21)16-25(9-10-25)27(22)2/h3-7,14,20-21H,8-13,15-16H2,1-2H3. The predicted octanol–water partition coefficient (Wildman–Crippen LogP) is 4.17. The molecule has 2 atom stereocenters. The molecule has 1 saturated carbocycles. The number of rotatable bonds is 4. The van der Waals surface area contributed by atoms with E-state index in [4.69, 9.17) is 4.74 Å². The van der Waals surface area contributed by atoms with Gasteiger partial charge in [0, 0.05) is 45.2 Å². The second kappa shape index (κ2) is 6.61. The maximum atomic E-state index is 13.3. The zero-order chi connectivity index (χ0) is 20.5. The molecule has 0 bridgehead atoms. The van der Waals surface area contributed by atoms with E-state index in [0.29, 0.717) is 24.1 Å². The molecule has 2 unspecified atom stereocenters. The number of benzene rings is 2. The van der Waals surface area contributed by atoms with Crippen molar-refractivity contribution >= 4 is 11.4 Å². The largest absolute Gasteiger partial charge is 0.492 e.